The minimum absolute atomic E-state index is 0.715. The first kappa shape index (κ1) is 10.8. The molecule has 0 saturated carbocycles. The molecule has 4 heteroatoms. The summed E-state index contributed by atoms with van der Waals surface area (Å²) in [6, 6.07) is 4.74. The van der Waals surface area contributed by atoms with Crippen LogP contribution in [0.25, 0.3) is 0 Å². The number of halogens is 1. The Bertz CT molecular complexity index is 352. The SMILES string of the molecule is Brc1ccc(CN2CC3CCCNC3C2)o1. The van der Waals surface area contributed by atoms with Gasteiger partial charge in [-0.1, -0.05) is 0 Å². The highest BCUT2D eigenvalue weighted by molar-refractivity contribution is 9.10. The summed E-state index contributed by atoms with van der Waals surface area (Å²) in [6.07, 6.45) is 2.72. The van der Waals surface area contributed by atoms with Crippen molar-refractivity contribution in [3.05, 3.63) is 22.6 Å². The van der Waals surface area contributed by atoms with Crippen LogP contribution in [0.2, 0.25) is 0 Å². The maximum Gasteiger partial charge on any atom is 0.169 e. The van der Waals surface area contributed by atoms with E-state index in [4.69, 9.17) is 4.42 Å². The number of fused-ring (bicyclic) bond motifs is 1. The molecule has 1 aromatic rings. The molecule has 88 valence electrons. The van der Waals surface area contributed by atoms with Crippen molar-refractivity contribution >= 4 is 15.9 Å². The van der Waals surface area contributed by atoms with Gasteiger partial charge in [-0.3, -0.25) is 4.90 Å². The summed E-state index contributed by atoms with van der Waals surface area (Å²) in [5.41, 5.74) is 0. The second kappa shape index (κ2) is 4.51. The highest BCUT2D eigenvalue weighted by Gasteiger charge is 2.34. The van der Waals surface area contributed by atoms with Crippen molar-refractivity contribution in [1.29, 1.82) is 0 Å². The van der Waals surface area contributed by atoms with E-state index in [2.05, 4.69) is 32.2 Å². The molecule has 0 bridgehead atoms. The average Bonchev–Trinajstić information content (AvgIpc) is 2.84. The molecule has 2 fully saturated rings. The molecule has 1 aromatic heterocycles. The predicted octanol–water partition coefficient (Wildman–Crippen LogP) is 2.23. The van der Waals surface area contributed by atoms with Gasteiger partial charge in [0.25, 0.3) is 0 Å². The molecule has 0 aliphatic carbocycles. The van der Waals surface area contributed by atoms with Crippen LogP contribution in [0.3, 0.4) is 0 Å². The lowest BCUT2D eigenvalue weighted by Crippen LogP contribution is -2.40. The van der Waals surface area contributed by atoms with Gasteiger partial charge in [-0.15, -0.1) is 0 Å². The highest BCUT2D eigenvalue weighted by Crippen LogP contribution is 2.26. The summed E-state index contributed by atoms with van der Waals surface area (Å²) in [7, 11) is 0. The fourth-order valence-electron chi connectivity index (χ4n) is 2.92. The van der Waals surface area contributed by atoms with E-state index in [1.807, 2.05) is 6.07 Å². The van der Waals surface area contributed by atoms with Crippen LogP contribution in [0.1, 0.15) is 18.6 Å². The van der Waals surface area contributed by atoms with E-state index in [9.17, 15) is 0 Å². The minimum atomic E-state index is 0.715. The van der Waals surface area contributed by atoms with Crippen molar-refractivity contribution in [3.63, 3.8) is 0 Å². The summed E-state index contributed by atoms with van der Waals surface area (Å²) in [5, 5.41) is 3.62. The number of nitrogens with zero attached hydrogens (tertiary/aromatic N) is 1. The van der Waals surface area contributed by atoms with Gasteiger partial charge in [-0.2, -0.15) is 0 Å². The molecule has 0 aromatic carbocycles. The second-order valence-electron chi connectivity index (χ2n) is 4.86. The molecule has 3 nitrogen and oxygen atoms in total. The molecule has 2 unspecified atom stereocenters. The summed E-state index contributed by atoms with van der Waals surface area (Å²) in [4.78, 5) is 2.50. The van der Waals surface area contributed by atoms with Crippen LogP contribution < -0.4 is 5.32 Å². The molecule has 2 saturated heterocycles. The number of hydrogen-bond acceptors (Lipinski definition) is 3. The van der Waals surface area contributed by atoms with Crippen molar-refractivity contribution in [2.45, 2.75) is 25.4 Å². The zero-order chi connectivity index (χ0) is 11.0. The lowest BCUT2D eigenvalue weighted by atomic mass is 9.94. The molecule has 2 aliphatic rings. The molecular formula is C12H17BrN2O. The summed E-state index contributed by atoms with van der Waals surface area (Å²) in [5.74, 6) is 1.91. The molecule has 1 N–H and O–H groups in total. The number of piperidine rings is 1. The Kier molecular flexibility index (Phi) is 3.05. The van der Waals surface area contributed by atoms with Crippen LogP contribution in [0.4, 0.5) is 0 Å². The van der Waals surface area contributed by atoms with E-state index < -0.39 is 0 Å². The van der Waals surface area contributed by atoms with Crippen molar-refractivity contribution in [3.8, 4) is 0 Å². The average molecular weight is 285 g/mol. The monoisotopic (exact) mass is 284 g/mol. The maximum absolute atomic E-state index is 5.55. The molecule has 2 aliphatic heterocycles. The van der Waals surface area contributed by atoms with Gasteiger partial charge >= 0.3 is 0 Å². The summed E-state index contributed by atoms with van der Waals surface area (Å²) < 4.78 is 6.38. The first-order valence-corrected chi connectivity index (χ1v) is 6.80. The van der Waals surface area contributed by atoms with Gasteiger partial charge in [0.15, 0.2) is 4.67 Å². The number of furan rings is 1. The van der Waals surface area contributed by atoms with E-state index in [-0.39, 0.29) is 0 Å². The van der Waals surface area contributed by atoms with Gasteiger partial charge in [-0.05, 0) is 53.4 Å². The largest absolute Gasteiger partial charge is 0.453 e. The van der Waals surface area contributed by atoms with Gasteiger partial charge in [0, 0.05) is 19.1 Å². The van der Waals surface area contributed by atoms with Crippen molar-refractivity contribution in [1.82, 2.24) is 10.2 Å². The Morgan fingerprint density at radius 3 is 3.12 bits per heavy atom. The first-order chi connectivity index (χ1) is 7.81. The Morgan fingerprint density at radius 2 is 2.38 bits per heavy atom. The maximum atomic E-state index is 5.55. The quantitative estimate of drug-likeness (QED) is 0.903. The fraction of sp³-hybridized carbons (Fsp3) is 0.667. The molecule has 2 atom stereocenters. The molecule has 3 rings (SSSR count). The second-order valence-corrected chi connectivity index (χ2v) is 5.64. The minimum Gasteiger partial charge on any atom is -0.453 e. The van der Waals surface area contributed by atoms with Crippen LogP contribution in [0, 0.1) is 5.92 Å². The molecular weight excluding hydrogens is 268 g/mol. The van der Waals surface area contributed by atoms with E-state index >= 15 is 0 Å². The number of likely N-dealkylation sites (tertiary alicyclic amines) is 1. The highest BCUT2D eigenvalue weighted by atomic mass is 79.9. The zero-order valence-electron chi connectivity index (χ0n) is 9.29. The Morgan fingerprint density at radius 1 is 1.44 bits per heavy atom. The van der Waals surface area contributed by atoms with Gasteiger partial charge in [0.2, 0.25) is 0 Å². The molecule has 3 heterocycles. The van der Waals surface area contributed by atoms with E-state index in [0.29, 0.717) is 6.04 Å². The molecule has 0 amide bonds. The van der Waals surface area contributed by atoms with Gasteiger partial charge < -0.3 is 9.73 Å². The van der Waals surface area contributed by atoms with Crippen molar-refractivity contribution in [2.75, 3.05) is 19.6 Å². The van der Waals surface area contributed by atoms with Crippen LogP contribution in [-0.4, -0.2) is 30.6 Å². The summed E-state index contributed by atoms with van der Waals surface area (Å²) >= 11 is 3.35. The zero-order valence-corrected chi connectivity index (χ0v) is 10.9. The third kappa shape index (κ3) is 2.19. The lowest BCUT2D eigenvalue weighted by molar-refractivity contribution is 0.282. The number of hydrogen-bond donors (Lipinski definition) is 1. The number of rotatable bonds is 2. The Labute approximate surface area is 104 Å². The van der Waals surface area contributed by atoms with E-state index in [1.165, 1.54) is 32.5 Å². The molecule has 0 radical (unpaired) electrons. The third-order valence-corrected chi connectivity index (χ3v) is 4.11. The molecule has 0 spiro atoms. The first-order valence-electron chi connectivity index (χ1n) is 6.01. The third-order valence-electron chi connectivity index (χ3n) is 3.68. The smallest absolute Gasteiger partial charge is 0.169 e. The van der Waals surface area contributed by atoms with Crippen LogP contribution in [0.5, 0.6) is 0 Å². The van der Waals surface area contributed by atoms with Crippen LogP contribution in [-0.2, 0) is 6.54 Å². The van der Waals surface area contributed by atoms with Gasteiger partial charge in [-0.25, -0.2) is 0 Å². The van der Waals surface area contributed by atoms with Gasteiger partial charge in [0.1, 0.15) is 5.76 Å². The van der Waals surface area contributed by atoms with Crippen molar-refractivity contribution in [2.24, 2.45) is 5.92 Å². The van der Waals surface area contributed by atoms with Gasteiger partial charge in [0.05, 0.1) is 6.54 Å². The standard InChI is InChI=1S/C12H17BrN2O/c13-12-4-3-10(16-12)7-15-6-9-2-1-5-14-11(9)8-15/h3-4,9,11,14H,1-2,5-8H2. The topological polar surface area (TPSA) is 28.4 Å². The Balaban J connectivity index is 1.61. The van der Waals surface area contributed by atoms with Crippen LogP contribution >= 0.6 is 15.9 Å². The van der Waals surface area contributed by atoms with E-state index in [0.717, 1.165) is 22.9 Å². The predicted molar refractivity (Wildman–Crippen MR) is 66.2 cm³/mol. The lowest BCUT2D eigenvalue weighted by Gasteiger charge is -2.24. The summed E-state index contributed by atoms with van der Waals surface area (Å²) in [6.45, 7) is 4.53. The Hall–Kier alpha value is -0.320. The number of nitrogens with one attached hydrogen (secondary N) is 1. The normalized spacial score (nSPS) is 30.6. The molecule has 16 heavy (non-hydrogen) atoms. The van der Waals surface area contributed by atoms with Crippen LogP contribution in [0.15, 0.2) is 21.2 Å². The fourth-order valence-corrected chi connectivity index (χ4v) is 3.26. The van der Waals surface area contributed by atoms with Crippen molar-refractivity contribution < 1.29 is 4.42 Å². The van der Waals surface area contributed by atoms with E-state index in [1.54, 1.807) is 0 Å².